The molecule has 0 atom stereocenters. The lowest BCUT2D eigenvalue weighted by molar-refractivity contribution is 0.0997. The van der Waals surface area contributed by atoms with Gasteiger partial charge in [-0.25, -0.2) is 4.98 Å². The summed E-state index contributed by atoms with van der Waals surface area (Å²) in [6, 6.07) is 24.1. The maximum Gasteiger partial charge on any atom is 0.177 e. The van der Waals surface area contributed by atoms with E-state index in [1.165, 1.54) is 0 Å². The van der Waals surface area contributed by atoms with Gasteiger partial charge in [0.05, 0.1) is 15.1 Å². The number of thiophene rings is 1. The van der Waals surface area contributed by atoms with E-state index in [9.17, 15) is 4.79 Å². The molecule has 5 aromatic rings. The first-order chi connectivity index (χ1) is 14.3. The monoisotopic (exact) mass is 412 g/mol. The van der Waals surface area contributed by atoms with E-state index < -0.39 is 0 Å². The van der Waals surface area contributed by atoms with Gasteiger partial charge in [0.25, 0.3) is 0 Å². The molecule has 0 radical (unpaired) electrons. The highest BCUT2D eigenvalue weighted by molar-refractivity contribution is 7.21. The molecular formula is C24H16N2OS2. The molecule has 0 aliphatic carbocycles. The number of ketones is 1. The Morgan fingerprint density at radius 3 is 2.59 bits per heavy atom. The van der Waals surface area contributed by atoms with Crippen molar-refractivity contribution in [2.24, 2.45) is 0 Å². The Hall–Kier alpha value is -3.15. The van der Waals surface area contributed by atoms with Crippen LogP contribution in [0.15, 0.2) is 85.2 Å². The molecule has 0 fully saturated rings. The smallest absolute Gasteiger partial charge is 0.177 e. The summed E-state index contributed by atoms with van der Waals surface area (Å²) in [4.78, 5) is 23.6. The molecule has 5 rings (SSSR count). The van der Waals surface area contributed by atoms with E-state index >= 15 is 0 Å². The molecule has 3 heterocycles. The van der Waals surface area contributed by atoms with Gasteiger partial charge in [-0.1, -0.05) is 48.5 Å². The Bertz CT molecular complexity index is 1270. The van der Waals surface area contributed by atoms with Crippen LogP contribution in [0.25, 0.3) is 31.2 Å². The number of thiazole rings is 1. The number of fused-ring (bicyclic) bond motifs is 1. The maximum atomic E-state index is 12.8. The lowest BCUT2D eigenvalue weighted by Gasteiger charge is -2.02. The van der Waals surface area contributed by atoms with Gasteiger partial charge in [0.2, 0.25) is 0 Å². The van der Waals surface area contributed by atoms with Crippen LogP contribution in [0.2, 0.25) is 0 Å². The molecule has 0 saturated heterocycles. The SMILES string of the molecule is O=C(Cc1cccc(-c2nc3ccncc3s2)c1)c1ccc(-c2ccccc2)s1. The Morgan fingerprint density at radius 2 is 1.72 bits per heavy atom. The highest BCUT2D eigenvalue weighted by Gasteiger charge is 2.13. The van der Waals surface area contributed by atoms with E-state index in [2.05, 4.69) is 23.2 Å². The number of rotatable bonds is 5. The summed E-state index contributed by atoms with van der Waals surface area (Å²) in [5.74, 6) is 0.142. The average molecular weight is 413 g/mol. The minimum atomic E-state index is 0.142. The number of hydrogen-bond acceptors (Lipinski definition) is 5. The summed E-state index contributed by atoms with van der Waals surface area (Å²) in [5.41, 5.74) is 4.13. The van der Waals surface area contributed by atoms with E-state index in [0.717, 1.165) is 41.7 Å². The minimum absolute atomic E-state index is 0.142. The first-order valence-electron chi connectivity index (χ1n) is 9.24. The number of aromatic nitrogens is 2. The Labute approximate surface area is 176 Å². The van der Waals surface area contributed by atoms with Gasteiger partial charge in [-0.3, -0.25) is 9.78 Å². The average Bonchev–Trinajstić information content (AvgIpc) is 3.42. The van der Waals surface area contributed by atoms with Gasteiger partial charge < -0.3 is 0 Å². The third-order valence-electron chi connectivity index (χ3n) is 4.67. The number of carbonyl (C=O) groups excluding carboxylic acids is 1. The van der Waals surface area contributed by atoms with Crippen LogP contribution < -0.4 is 0 Å². The maximum absolute atomic E-state index is 12.8. The van der Waals surface area contributed by atoms with E-state index in [1.54, 1.807) is 28.9 Å². The molecule has 0 aliphatic heterocycles. The fraction of sp³-hybridized carbons (Fsp3) is 0.0417. The Morgan fingerprint density at radius 1 is 0.862 bits per heavy atom. The largest absolute Gasteiger partial charge is 0.293 e. The fourth-order valence-corrected chi connectivity index (χ4v) is 5.11. The number of pyridine rings is 1. The quantitative estimate of drug-likeness (QED) is 0.309. The van der Waals surface area contributed by atoms with Crippen molar-refractivity contribution in [1.29, 1.82) is 0 Å². The molecule has 0 N–H and O–H groups in total. The summed E-state index contributed by atoms with van der Waals surface area (Å²) in [6.45, 7) is 0. The third-order valence-corrected chi connectivity index (χ3v) is 6.90. The van der Waals surface area contributed by atoms with Crippen LogP contribution in [0.5, 0.6) is 0 Å². The lowest BCUT2D eigenvalue weighted by Crippen LogP contribution is -2.01. The van der Waals surface area contributed by atoms with Crippen molar-refractivity contribution in [3.8, 4) is 21.0 Å². The van der Waals surface area contributed by atoms with Gasteiger partial charge in [0, 0.05) is 29.3 Å². The van der Waals surface area contributed by atoms with E-state index in [0.29, 0.717) is 6.42 Å². The number of hydrogen-bond donors (Lipinski definition) is 0. The van der Waals surface area contributed by atoms with Crippen molar-refractivity contribution in [2.75, 3.05) is 0 Å². The zero-order chi connectivity index (χ0) is 19.6. The number of nitrogens with zero attached hydrogens (tertiary/aromatic N) is 2. The van der Waals surface area contributed by atoms with Gasteiger partial charge in [0.1, 0.15) is 5.01 Å². The molecule has 0 bridgehead atoms. The van der Waals surface area contributed by atoms with Gasteiger partial charge in [-0.15, -0.1) is 22.7 Å². The van der Waals surface area contributed by atoms with Crippen molar-refractivity contribution < 1.29 is 4.79 Å². The second kappa shape index (κ2) is 7.70. The molecule has 3 aromatic heterocycles. The third kappa shape index (κ3) is 3.75. The zero-order valence-corrected chi connectivity index (χ0v) is 17.0. The number of Topliss-reactive ketones (excluding diaryl/α,β-unsaturated/α-hetero) is 1. The highest BCUT2D eigenvalue weighted by atomic mass is 32.1. The standard InChI is InChI=1S/C24H16N2OS2/c27-20(22-10-9-21(28-22)17-6-2-1-3-7-17)14-16-5-4-8-18(13-16)24-26-19-11-12-25-15-23(19)29-24/h1-13,15H,14H2. The number of benzene rings is 2. The highest BCUT2D eigenvalue weighted by Crippen LogP contribution is 2.31. The van der Waals surface area contributed by atoms with E-state index in [4.69, 9.17) is 4.98 Å². The summed E-state index contributed by atoms with van der Waals surface area (Å²) < 4.78 is 1.07. The second-order valence-electron chi connectivity index (χ2n) is 6.69. The summed E-state index contributed by atoms with van der Waals surface area (Å²) in [6.07, 6.45) is 3.98. The van der Waals surface area contributed by atoms with Crippen LogP contribution in [-0.4, -0.2) is 15.8 Å². The fourth-order valence-electron chi connectivity index (χ4n) is 3.24. The zero-order valence-electron chi connectivity index (χ0n) is 15.4. The normalized spacial score (nSPS) is 11.0. The predicted molar refractivity (Wildman–Crippen MR) is 121 cm³/mol. The van der Waals surface area contributed by atoms with Crippen LogP contribution in [-0.2, 0) is 6.42 Å². The van der Waals surface area contributed by atoms with Crippen molar-refractivity contribution in [2.45, 2.75) is 6.42 Å². The first kappa shape index (κ1) is 17.9. The topological polar surface area (TPSA) is 42.9 Å². The van der Waals surface area contributed by atoms with Crippen molar-refractivity contribution >= 4 is 38.7 Å². The molecule has 0 aliphatic rings. The molecule has 0 saturated carbocycles. The van der Waals surface area contributed by atoms with Crippen LogP contribution >= 0.6 is 22.7 Å². The van der Waals surface area contributed by atoms with Crippen molar-refractivity contribution in [3.05, 3.63) is 95.6 Å². The van der Waals surface area contributed by atoms with Crippen LogP contribution in [0.3, 0.4) is 0 Å². The minimum Gasteiger partial charge on any atom is -0.293 e. The molecule has 5 heteroatoms. The van der Waals surface area contributed by atoms with Crippen LogP contribution in [0.1, 0.15) is 15.2 Å². The van der Waals surface area contributed by atoms with Crippen molar-refractivity contribution in [3.63, 3.8) is 0 Å². The molecule has 29 heavy (non-hydrogen) atoms. The Kier molecular flexibility index (Phi) is 4.76. The second-order valence-corrected chi connectivity index (χ2v) is 8.81. The van der Waals surface area contributed by atoms with Gasteiger partial charge >= 0.3 is 0 Å². The molecule has 140 valence electrons. The molecule has 0 spiro atoms. The summed E-state index contributed by atoms with van der Waals surface area (Å²) >= 11 is 3.17. The summed E-state index contributed by atoms with van der Waals surface area (Å²) in [5, 5.41) is 0.949. The van der Waals surface area contributed by atoms with Gasteiger partial charge in [-0.2, -0.15) is 0 Å². The summed E-state index contributed by atoms with van der Waals surface area (Å²) in [7, 11) is 0. The molecule has 2 aromatic carbocycles. The van der Waals surface area contributed by atoms with Crippen molar-refractivity contribution in [1.82, 2.24) is 9.97 Å². The van der Waals surface area contributed by atoms with Crippen LogP contribution in [0.4, 0.5) is 0 Å². The molecule has 0 amide bonds. The lowest BCUT2D eigenvalue weighted by atomic mass is 10.1. The molecule has 0 unspecified atom stereocenters. The van der Waals surface area contributed by atoms with E-state index in [-0.39, 0.29) is 5.78 Å². The van der Waals surface area contributed by atoms with Gasteiger partial charge in [-0.05, 0) is 35.4 Å². The van der Waals surface area contributed by atoms with Gasteiger partial charge in [0.15, 0.2) is 5.78 Å². The predicted octanol–water partition coefficient (Wildman–Crippen LogP) is 6.51. The number of carbonyl (C=O) groups is 1. The Balaban J connectivity index is 1.38. The van der Waals surface area contributed by atoms with Crippen LogP contribution in [0, 0.1) is 0 Å². The first-order valence-corrected chi connectivity index (χ1v) is 10.9. The molecular weight excluding hydrogens is 396 g/mol. The molecule has 3 nitrogen and oxygen atoms in total. The van der Waals surface area contributed by atoms with E-state index in [1.807, 2.05) is 60.8 Å².